The van der Waals surface area contributed by atoms with Crippen molar-refractivity contribution in [2.75, 3.05) is 24.4 Å². The summed E-state index contributed by atoms with van der Waals surface area (Å²) in [6.07, 6.45) is 3.23. The number of nitrogens with zero attached hydrogens (tertiary/aromatic N) is 3. The third-order valence-electron chi connectivity index (χ3n) is 1.23. The number of nitrogens with one attached hydrogen (secondary N) is 1. The molecule has 0 aliphatic heterocycles. The molecule has 0 aliphatic rings. The van der Waals surface area contributed by atoms with Crippen LogP contribution in [0.5, 0.6) is 0 Å². The zero-order chi connectivity index (χ0) is 8.27. The van der Waals surface area contributed by atoms with Crippen molar-refractivity contribution in [3.8, 4) is 0 Å². The molecule has 0 aliphatic carbocycles. The van der Waals surface area contributed by atoms with Gasteiger partial charge >= 0.3 is 0 Å². The van der Waals surface area contributed by atoms with Crippen molar-refractivity contribution in [2.24, 2.45) is 5.84 Å². The maximum atomic E-state index is 5.15. The summed E-state index contributed by atoms with van der Waals surface area (Å²) < 4.78 is 0. The standard InChI is InChI=1S/C6H11N5/c1-11(2)6-4-8-3-5(9-6)10-7/h3-4H,7H2,1-2H3,(H,9,10). The third kappa shape index (κ3) is 1.78. The van der Waals surface area contributed by atoms with Crippen LogP contribution in [0.25, 0.3) is 0 Å². The summed E-state index contributed by atoms with van der Waals surface area (Å²) in [5.74, 6) is 6.49. The van der Waals surface area contributed by atoms with Crippen LogP contribution < -0.4 is 16.2 Å². The number of hydrogen-bond acceptors (Lipinski definition) is 5. The molecule has 0 bridgehead atoms. The second kappa shape index (κ2) is 3.16. The van der Waals surface area contributed by atoms with Gasteiger partial charge in [0.05, 0.1) is 12.4 Å². The Kier molecular flexibility index (Phi) is 2.22. The molecule has 0 unspecified atom stereocenters. The molecule has 1 aromatic rings. The van der Waals surface area contributed by atoms with Gasteiger partial charge < -0.3 is 10.3 Å². The number of nitrogens with two attached hydrogens (primary N) is 1. The van der Waals surface area contributed by atoms with Crippen molar-refractivity contribution in [3.05, 3.63) is 12.4 Å². The van der Waals surface area contributed by atoms with Crippen molar-refractivity contribution < 1.29 is 0 Å². The number of anilines is 2. The van der Waals surface area contributed by atoms with E-state index in [9.17, 15) is 0 Å². The lowest BCUT2D eigenvalue weighted by atomic mass is 10.6. The number of hydrazine groups is 1. The monoisotopic (exact) mass is 153 g/mol. The first kappa shape index (κ1) is 7.74. The van der Waals surface area contributed by atoms with Crippen LogP contribution >= 0.6 is 0 Å². The average Bonchev–Trinajstić information content (AvgIpc) is 2.05. The minimum absolute atomic E-state index is 0.566. The Morgan fingerprint density at radius 3 is 2.73 bits per heavy atom. The molecule has 0 saturated carbocycles. The van der Waals surface area contributed by atoms with Gasteiger partial charge in [-0.1, -0.05) is 0 Å². The van der Waals surface area contributed by atoms with Gasteiger partial charge in [0.1, 0.15) is 5.82 Å². The largest absolute Gasteiger partial charge is 0.361 e. The molecule has 3 N–H and O–H groups in total. The first-order valence-electron chi connectivity index (χ1n) is 3.20. The molecule has 1 heterocycles. The van der Waals surface area contributed by atoms with Gasteiger partial charge in [0.25, 0.3) is 0 Å². The van der Waals surface area contributed by atoms with Crippen LogP contribution in [0.2, 0.25) is 0 Å². The fourth-order valence-corrected chi connectivity index (χ4v) is 0.641. The van der Waals surface area contributed by atoms with Gasteiger partial charge in [-0.2, -0.15) is 0 Å². The molecule has 5 nitrogen and oxygen atoms in total. The zero-order valence-electron chi connectivity index (χ0n) is 6.57. The second-order valence-corrected chi connectivity index (χ2v) is 2.30. The van der Waals surface area contributed by atoms with E-state index in [0.717, 1.165) is 5.82 Å². The van der Waals surface area contributed by atoms with Crippen LogP contribution in [-0.4, -0.2) is 24.1 Å². The lowest BCUT2D eigenvalue weighted by molar-refractivity contribution is 1.03. The SMILES string of the molecule is CN(C)c1cncc(NN)n1. The Hall–Kier alpha value is -1.36. The molecule has 0 saturated heterocycles. The number of nitrogen functional groups attached to an aromatic ring is 1. The Bertz CT molecular complexity index is 234. The lowest BCUT2D eigenvalue weighted by Crippen LogP contribution is -2.14. The van der Waals surface area contributed by atoms with Crippen LogP contribution in [0.1, 0.15) is 0 Å². The number of aromatic nitrogens is 2. The van der Waals surface area contributed by atoms with Crippen molar-refractivity contribution in [2.45, 2.75) is 0 Å². The van der Waals surface area contributed by atoms with Crippen molar-refractivity contribution >= 4 is 11.6 Å². The van der Waals surface area contributed by atoms with Gasteiger partial charge in [-0.25, -0.2) is 10.8 Å². The van der Waals surface area contributed by atoms with E-state index in [4.69, 9.17) is 5.84 Å². The van der Waals surface area contributed by atoms with E-state index in [0.29, 0.717) is 5.82 Å². The quantitative estimate of drug-likeness (QED) is 0.456. The summed E-state index contributed by atoms with van der Waals surface area (Å²) in [7, 11) is 3.79. The van der Waals surface area contributed by atoms with E-state index < -0.39 is 0 Å². The summed E-state index contributed by atoms with van der Waals surface area (Å²) >= 11 is 0. The second-order valence-electron chi connectivity index (χ2n) is 2.30. The van der Waals surface area contributed by atoms with Gasteiger partial charge in [-0.05, 0) is 0 Å². The summed E-state index contributed by atoms with van der Waals surface area (Å²) in [5.41, 5.74) is 2.42. The minimum atomic E-state index is 0.566. The molecular weight excluding hydrogens is 142 g/mol. The highest BCUT2D eigenvalue weighted by molar-refractivity contribution is 5.41. The first-order valence-corrected chi connectivity index (χ1v) is 3.20. The van der Waals surface area contributed by atoms with Gasteiger partial charge in [-0.15, -0.1) is 0 Å². The Balaban J connectivity index is 2.91. The fourth-order valence-electron chi connectivity index (χ4n) is 0.641. The molecule has 0 fully saturated rings. The predicted molar refractivity (Wildman–Crippen MR) is 44.2 cm³/mol. The third-order valence-corrected chi connectivity index (χ3v) is 1.23. The molecule has 0 aromatic carbocycles. The van der Waals surface area contributed by atoms with Crippen molar-refractivity contribution in [1.29, 1.82) is 0 Å². The van der Waals surface area contributed by atoms with Crippen LogP contribution in [0.3, 0.4) is 0 Å². The van der Waals surface area contributed by atoms with Gasteiger partial charge in [0, 0.05) is 14.1 Å². The van der Waals surface area contributed by atoms with E-state index >= 15 is 0 Å². The normalized spacial score (nSPS) is 9.36. The fraction of sp³-hybridized carbons (Fsp3) is 0.333. The lowest BCUT2D eigenvalue weighted by Gasteiger charge is -2.10. The number of hydrogen-bond donors (Lipinski definition) is 2. The Labute approximate surface area is 65.2 Å². The van der Waals surface area contributed by atoms with Crippen molar-refractivity contribution in [3.63, 3.8) is 0 Å². The zero-order valence-corrected chi connectivity index (χ0v) is 6.57. The van der Waals surface area contributed by atoms with Crippen LogP contribution in [0.15, 0.2) is 12.4 Å². The highest BCUT2D eigenvalue weighted by atomic mass is 15.3. The van der Waals surface area contributed by atoms with E-state index in [1.807, 2.05) is 19.0 Å². The van der Waals surface area contributed by atoms with Crippen LogP contribution in [0.4, 0.5) is 11.6 Å². The molecule has 0 atom stereocenters. The maximum absolute atomic E-state index is 5.15. The van der Waals surface area contributed by atoms with Gasteiger partial charge in [0.15, 0.2) is 5.82 Å². The summed E-state index contributed by atoms with van der Waals surface area (Å²) in [6.45, 7) is 0. The topological polar surface area (TPSA) is 67.1 Å². The van der Waals surface area contributed by atoms with E-state index in [2.05, 4.69) is 15.4 Å². The van der Waals surface area contributed by atoms with E-state index in [1.54, 1.807) is 12.4 Å². The first-order chi connectivity index (χ1) is 5.24. The Morgan fingerprint density at radius 2 is 2.18 bits per heavy atom. The molecule has 11 heavy (non-hydrogen) atoms. The predicted octanol–water partition coefficient (Wildman–Crippen LogP) is -0.172. The average molecular weight is 153 g/mol. The van der Waals surface area contributed by atoms with E-state index in [1.165, 1.54) is 0 Å². The number of rotatable bonds is 2. The molecule has 1 rings (SSSR count). The highest BCUT2D eigenvalue weighted by Crippen LogP contribution is 2.06. The molecular formula is C6H11N5. The molecule has 1 aromatic heterocycles. The smallest absolute Gasteiger partial charge is 0.160 e. The van der Waals surface area contributed by atoms with Crippen LogP contribution in [0, 0.1) is 0 Å². The minimum Gasteiger partial charge on any atom is -0.361 e. The van der Waals surface area contributed by atoms with Gasteiger partial charge in [0.2, 0.25) is 0 Å². The van der Waals surface area contributed by atoms with Crippen molar-refractivity contribution in [1.82, 2.24) is 9.97 Å². The molecule has 0 spiro atoms. The van der Waals surface area contributed by atoms with Crippen LogP contribution in [-0.2, 0) is 0 Å². The summed E-state index contributed by atoms with van der Waals surface area (Å²) in [5, 5.41) is 0. The highest BCUT2D eigenvalue weighted by Gasteiger charge is 1.97. The summed E-state index contributed by atoms with van der Waals surface area (Å²) in [4.78, 5) is 9.90. The maximum Gasteiger partial charge on any atom is 0.160 e. The molecule has 5 heteroatoms. The molecule has 60 valence electrons. The van der Waals surface area contributed by atoms with Gasteiger partial charge in [-0.3, -0.25) is 4.98 Å². The molecule has 0 amide bonds. The molecule has 0 radical (unpaired) electrons. The van der Waals surface area contributed by atoms with E-state index in [-0.39, 0.29) is 0 Å². The summed E-state index contributed by atoms with van der Waals surface area (Å²) in [6, 6.07) is 0. The Morgan fingerprint density at radius 1 is 1.45 bits per heavy atom.